The van der Waals surface area contributed by atoms with E-state index in [1.54, 1.807) is 6.20 Å². The Morgan fingerprint density at radius 1 is 0.422 bits per heavy atom. The molecule has 0 fully saturated rings. The molecule has 0 saturated carbocycles. The van der Waals surface area contributed by atoms with E-state index in [0.717, 1.165) is 49.6 Å². The predicted molar refractivity (Wildman–Crippen MR) is 182 cm³/mol. The quantitative estimate of drug-likeness (QED) is 0.209. The van der Waals surface area contributed by atoms with E-state index in [4.69, 9.17) is 19.4 Å². The molecule has 0 aliphatic rings. The van der Waals surface area contributed by atoms with Gasteiger partial charge in [-0.15, -0.1) is 0 Å². The second kappa shape index (κ2) is 10.2. The Balaban J connectivity index is 1.27. The molecule has 3 heterocycles. The highest BCUT2D eigenvalue weighted by Gasteiger charge is 2.20. The van der Waals surface area contributed by atoms with Crippen molar-refractivity contribution in [2.75, 3.05) is 0 Å². The Morgan fingerprint density at radius 2 is 1.04 bits per heavy atom. The van der Waals surface area contributed by atoms with Gasteiger partial charge in [-0.2, -0.15) is 0 Å². The lowest BCUT2D eigenvalue weighted by atomic mass is 9.98. The molecule has 0 amide bonds. The summed E-state index contributed by atoms with van der Waals surface area (Å²) < 4.78 is 6.56. The molecular weight excluding hydrogens is 552 g/mol. The van der Waals surface area contributed by atoms with Gasteiger partial charge in [0.2, 0.25) is 0 Å². The first-order chi connectivity index (χ1) is 22.3. The third-order valence-corrected chi connectivity index (χ3v) is 8.38. The van der Waals surface area contributed by atoms with Crippen LogP contribution in [0.15, 0.2) is 150 Å². The second-order valence-corrected chi connectivity index (χ2v) is 11.1. The average Bonchev–Trinajstić information content (AvgIpc) is 3.51. The molecule has 0 saturated heterocycles. The van der Waals surface area contributed by atoms with Crippen LogP contribution in [0.25, 0.3) is 88.8 Å². The van der Waals surface area contributed by atoms with Crippen LogP contribution in [0.3, 0.4) is 0 Å². The minimum Gasteiger partial charge on any atom is -0.454 e. The first-order valence-corrected chi connectivity index (χ1v) is 14.9. The molecule has 3 aromatic heterocycles. The molecule has 0 aliphatic carbocycles. The maximum Gasteiger partial charge on any atom is 0.166 e. The van der Waals surface area contributed by atoms with Crippen molar-refractivity contribution in [3.8, 4) is 45.3 Å². The number of furan rings is 1. The number of fused-ring (bicyclic) bond motifs is 5. The lowest BCUT2D eigenvalue weighted by Crippen LogP contribution is -2.00. The molecule has 5 heteroatoms. The molecule has 0 unspecified atom stereocenters. The van der Waals surface area contributed by atoms with E-state index in [2.05, 4.69) is 96.0 Å². The Hall–Kier alpha value is -6.20. The van der Waals surface area contributed by atoms with Gasteiger partial charge in [-0.25, -0.2) is 15.0 Å². The average molecular weight is 577 g/mol. The zero-order chi connectivity index (χ0) is 29.7. The molecule has 0 aliphatic heterocycles. The Kier molecular flexibility index (Phi) is 5.74. The molecule has 0 spiro atoms. The fourth-order valence-electron chi connectivity index (χ4n) is 6.17. The number of para-hydroxylation sites is 1. The molecule has 210 valence electrons. The monoisotopic (exact) mass is 576 g/mol. The Morgan fingerprint density at radius 3 is 1.80 bits per heavy atom. The molecule has 0 bridgehead atoms. The van der Waals surface area contributed by atoms with Gasteiger partial charge in [0.25, 0.3) is 0 Å². The van der Waals surface area contributed by atoms with Crippen LogP contribution < -0.4 is 0 Å². The largest absolute Gasteiger partial charge is 0.454 e. The molecule has 6 aromatic carbocycles. The number of hydrogen-bond acceptors (Lipinski definition) is 5. The third-order valence-electron chi connectivity index (χ3n) is 8.38. The first-order valence-electron chi connectivity index (χ1n) is 14.9. The summed E-state index contributed by atoms with van der Waals surface area (Å²) >= 11 is 0. The van der Waals surface area contributed by atoms with Crippen molar-refractivity contribution in [1.29, 1.82) is 0 Å². The van der Waals surface area contributed by atoms with Gasteiger partial charge in [-0.05, 0) is 39.2 Å². The summed E-state index contributed by atoms with van der Waals surface area (Å²) in [6, 6.07) is 45.8. The number of rotatable bonds is 4. The summed E-state index contributed by atoms with van der Waals surface area (Å²) in [6.45, 7) is 0. The summed E-state index contributed by atoms with van der Waals surface area (Å²) in [5, 5.41) is 6.60. The lowest BCUT2D eigenvalue weighted by Gasteiger charge is -2.09. The summed E-state index contributed by atoms with van der Waals surface area (Å²) in [5.74, 6) is 1.75. The van der Waals surface area contributed by atoms with Crippen molar-refractivity contribution in [1.82, 2.24) is 19.9 Å². The van der Waals surface area contributed by atoms with E-state index in [1.807, 2.05) is 48.7 Å². The van der Waals surface area contributed by atoms with E-state index in [-0.39, 0.29) is 0 Å². The Bertz CT molecular complexity index is 2550. The van der Waals surface area contributed by atoms with E-state index >= 15 is 0 Å². The van der Waals surface area contributed by atoms with Gasteiger partial charge in [0.1, 0.15) is 5.58 Å². The Labute approximate surface area is 258 Å². The molecule has 0 N–H and O–H groups in total. The zero-order valence-electron chi connectivity index (χ0n) is 24.1. The van der Waals surface area contributed by atoms with Crippen LogP contribution in [-0.4, -0.2) is 19.9 Å². The summed E-state index contributed by atoms with van der Waals surface area (Å²) in [5.41, 5.74) is 6.25. The minimum absolute atomic E-state index is 0.545. The predicted octanol–water partition coefficient (Wildman–Crippen LogP) is 10.1. The fourth-order valence-corrected chi connectivity index (χ4v) is 6.17. The number of hydrogen-bond donors (Lipinski definition) is 0. The van der Waals surface area contributed by atoms with Crippen LogP contribution in [0, 0.1) is 0 Å². The van der Waals surface area contributed by atoms with Crippen molar-refractivity contribution in [2.45, 2.75) is 0 Å². The van der Waals surface area contributed by atoms with Gasteiger partial charge in [0, 0.05) is 39.2 Å². The molecule has 9 aromatic rings. The topological polar surface area (TPSA) is 64.7 Å². The number of nitrogens with zero attached hydrogens (tertiary/aromatic N) is 4. The van der Waals surface area contributed by atoms with Crippen molar-refractivity contribution in [3.63, 3.8) is 0 Å². The van der Waals surface area contributed by atoms with Crippen LogP contribution in [0.2, 0.25) is 0 Å². The molecule has 5 nitrogen and oxygen atoms in total. The van der Waals surface area contributed by atoms with Gasteiger partial charge in [-0.3, -0.25) is 4.98 Å². The molecular formula is C40H24N4O. The molecule has 0 radical (unpaired) electrons. The standard InChI is InChI=1S/C40H24N4O/c1-2-11-27(12-3-1)38-42-39(31-20-18-26-10-5-7-14-29(26)22-31)44-40(43-38)34-23-41-24-35-36(34)33-16-8-15-32(37(33)45-35)30-19-17-25-9-4-6-13-28(25)21-30/h1-24H. The van der Waals surface area contributed by atoms with E-state index in [0.29, 0.717) is 23.1 Å². The van der Waals surface area contributed by atoms with Crippen molar-refractivity contribution in [2.24, 2.45) is 0 Å². The highest BCUT2D eigenvalue weighted by Crippen LogP contribution is 2.40. The van der Waals surface area contributed by atoms with Crippen molar-refractivity contribution >= 4 is 43.5 Å². The highest BCUT2D eigenvalue weighted by atomic mass is 16.3. The van der Waals surface area contributed by atoms with Gasteiger partial charge in [0.05, 0.1) is 6.20 Å². The maximum absolute atomic E-state index is 6.56. The number of aromatic nitrogens is 4. The SMILES string of the molecule is c1ccc(-c2nc(-c3ccc4ccccc4c3)nc(-c3cncc4oc5c(-c6ccc7ccccc7c6)cccc5c34)n2)cc1. The molecule has 0 atom stereocenters. The molecule has 45 heavy (non-hydrogen) atoms. The van der Waals surface area contributed by atoms with Crippen molar-refractivity contribution < 1.29 is 4.42 Å². The van der Waals surface area contributed by atoms with Crippen LogP contribution in [0.4, 0.5) is 0 Å². The van der Waals surface area contributed by atoms with E-state index in [1.165, 1.54) is 16.2 Å². The number of pyridine rings is 1. The smallest absolute Gasteiger partial charge is 0.166 e. The van der Waals surface area contributed by atoms with Crippen LogP contribution in [0.1, 0.15) is 0 Å². The van der Waals surface area contributed by atoms with Gasteiger partial charge < -0.3 is 4.42 Å². The first kappa shape index (κ1) is 25.3. The van der Waals surface area contributed by atoms with Crippen LogP contribution in [0.5, 0.6) is 0 Å². The van der Waals surface area contributed by atoms with Crippen molar-refractivity contribution in [3.05, 3.63) is 146 Å². The van der Waals surface area contributed by atoms with E-state index < -0.39 is 0 Å². The van der Waals surface area contributed by atoms with Gasteiger partial charge in [0.15, 0.2) is 23.1 Å². The van der Waals surface area contributed by atoms with Crippen LogP contribution >= 0.6 is 0 Å². The van der Waals surface area contributed by atoms with Gasteiger partial charge in [-0.1, -0.05) is 121 Å². The third kappa shape index (κ3) is 4.33. The highest BCUT2D eigenvalue weighted by molar-refractivity contribution is 6.14. The summed E-state index contributed by atoms with van der Waals surface area (Å²) in [7, 11) is 0. The second-order valence-electron chi connectivity index (χ2n) is 11.1. The molecule has 9 rings (SSSR count). The zero-order valence-corrected chi connectivity index (χ0v) is 24.1. The normalized spacial score (nSPS) is 11.6. The minimum atomic E-state index is 0.545. The van der Waals surface area contributed by atoms with E-state index in [9.17, 15) is 0 Å². The maximum atomic E-state index is 6.56. The summed E-state index contributed by atoms with van der Waals surface area (Å²) in [4.78, 5) is 19.6. The fraction of sp³-hybridized carbons (Fsp3) is 0. The summed E-state index contributed by atoms with van der Waals surface area (Å²) in [6.07, 6.45) is 3.60. The number of benzene rings is 6. The van der Waals surface area contributed by atoms with Gasteiger partial charge >= 0.3 is 0 Å². The lowest BCUT2D eigenvalue weighted by molar-refractivity contribution is 0.668. The van der Waals surface area contributed by atoms with Crippen LogP contribution in [-0.2, 0) is 0 Å².